The molecule has 1 amide bonds. The van der Waals surface area contributed by atoms with Crippen LogP contribution in [0, 0.1) is 41.5 Å². The van der Waals surface area contributed by atoms with Crippen LogP contribution in [0.5, 0.6) is 0 Å². The molecule has 2 aliphatic rings. The minimum atomic E-state index is -0.920. The third kappa shape index (κ3) is 9.94. The number of aryl methyl sites for hydroxylation is 6. The van der Waals surface area contributed by atoms with Crippen molar-refractivity contribution in [2.45, 2.75) is 86.5 Å². The van der Waals surface area contributed by atoms with Gasteiger partial charge in [0.05, 0.1) is 40.4 Å². The van der Waals surface area contributed by atoms with E-state index in [0.29, 0.717) is 11.8 Å². The van der Waals surface area contributed by atoms with E-state index in [1.54, 1.807) is 22.8 Å². The summed E-state index contributed by atoms with van der Waals surface area (Å²) >= 11 is 0. The highest BCUT2D eigenvalue weighted by molar-refractivity contribution is 5.96. The normalized spacial score (nSPS) is 14.4. The zero-order valence-corrected chi connectivity index (χ0v) is 36.7. The summed E-state index contributed by atoms with van der Waals surface area (Å²) in [7, 11) is 0. The third-order valence-electron chi connectivity index (χ3n) is 12.2. The van der Waals surface area contributed by atoms with Crippen LogP contribution in [0.4, 0.5) is 0 Å². The molecule has 0 saturated carbocycles. The smallest absolute Gasteiger partial charge is 0.335 e. The van der Waals surface area contributed by atoms with Gasteiger partial charge >= 0.3 is 5.97 Å². The predicted molar refractivity (Wildman–Crippen MR) is 249 cm³/mol. The van der Waals surface area contributed by atoms with Crippen LogP contribution in [-0.2, 0) is 0 Å². The molecule has 0 atom stereocenters. The number of carboxylic acid groups (broad SMARTS) is 1. The molecule has 0 aliphatic carbocycles. The average molecular weight is 863 g/mol. The molecule has 0 unspecified atom stereocenters. The minimum absolute atomic E-state index is 0. The molecule has 0 radical (unpaired) electrons. The van der Waals surface area contributed by atoms with Gasteiger partial charge in [-0.1, -0.05) is 30.0 Å². The number of nitrogens with zero attached hydrogens (tertiary/aromatic N) is 9. The first-order valence-corrected chi connectivity index (χ1v) is 21.5. The highest BCUT2D eigenvalue weighted by atomic mass is 16.4. The summed E-state index contributed by atoms with van der Waals surface area (Å²) in [6.07, 6.45) is 11.9. The molecule has 4 N–H and O–H groups in total. The lowest BCUT2D eigenvalue weighted by Gasteiger charge is -2.32. The summed E-state index contributed by atoms with van der Waals surface area (Å²) in [4.78, 5) is 41.6. The maximum absolute atomic E-state index is 13.2. The van der Waals surface area contributed by atoms with Gasteiger partial charge in [-0.2, -0.15) is 0 Å². The largest absolute Gasteiger partial charge is 0.478 e. The fraction of sp³-hybridized carbons (Fsp3) is 0.347. The topological polar surface area (TPSA) is 187 Å². The molecule has 2 aliphatic heterocycles. The van der Waals surface area contributed by atoms with E-state index in [1.807, 2.05) is 86.9 Å². The highest BCUT2D eigenvalue weighted by Crippen LogP contribution is 2.32. The molecule has 332 valence electrons. The van der Waals surface area contributed by atoms with Gasteiger partial charge in [0, 0.05) is 53.6 Å². The summed E-state index contributed by atoms with van der Waals surface area (Å²) in [6, 6.07) is 19.7. The number of likely N-dealkylation sites (tertiary alicyclic amines) is 1. The molecular formula is C49H58N12O3. The van der Waals surface area contributed by atoms with E-state index >= 15 is 0 Å². The summed E-state index contributed by atoms with van der Waals surface area (Å²) in [5.41, 5.74) is 13.6. The van der Waals surface area contributed by atoms with E-state index in [-0.39, 0.29) is 18.9 Å². The number of hydrogen-bond acceptors (Lipinski definition) is 9. The number of nitrogens with one attached hydrogen (secondary N) is 3. The SMILES string of the molecule is C.Cc1nc(-c2cc(C(=O)N3CCC(c4ccn5nncc5c4)CC3)ccc2C)c(C)[nH]1.Cc1nc(-c2cc(C(=O)O)ccc2C)c(C)[nH]1.c1cn2nncc2cc1C1CCNCC1. The highest BCUT2D eigenvalue weighted by Gasteiger charge is 2.26. The van der Waals surface area contributed by atoms with Crippen LogP contribution >= 0.6 is 0 Å². The van der Waals surface area contributed by atoms with Gasteiger partial charge in [0.15, 0.2) is 0 Å². The molecule has 15 nitrogen and oxygen atoms in total. The number of pyridine rings is 2. The molecule has 2 aromatic carbocycles. The van der Waals surface area contributed by atoms with E-state index in [1.165, 1.54) is 24.0 Å². The van der Waals surface area contributed by atoms with Crippen LogP contribution in [0.3, 0.4) is 0 Å². The first-order chi connectivity index (χ1) is 30.4. The van der Waals surface area contributed by atoms with Crippen molar-refractivity contribution in [2.24, 2.45) is 0 Å². The lowest BCUT2D eigenvalue weighted by molar-refractivity contribution is 0.0693. The maximum Gasteiger partial charge on any atom is 0.335 e. The maximum atomic E-state index is 13.2. The second-order valence-electron chi connectivity index (χ2n) is 16.7. The standard InChI is InChI=1S/C24H26N6O.C13H14N2O2.C11H14N4.CH4/c1-15-4-5-20(13-22(15)23-16(2)26-17(3)27-23)24(31)29-9-6-18(7-10-29)19-8-11-30-21(12-19)14-25-28-30;1-7-4-5-10(13(16)17)6-11(7)12-8(2)14-9(3)15-12;1-4-12-5-2-9(1)10-3-6-15-11(7-10)8-13-14-15;/h4-5,8,11-14,18H,6-7,9-10H2,1-3H3,(H,26,27);4-6H,1-3H3,(H,14,15)(H,16,17);3,6-9,12H,1-2,4-5H2;1H4. The Balaban J connectivity index is 0.000000157. The van der Waals surface area contributed by atoms with Crippen LogP contribution in [0.25, 0.3) is 33.5 Å². The zero-order chi connectivity index (χ0) is 44.2. The molecule has 10 rings (SSSR count). The Morgan fingerprint density at radius 3 is 1.56 bits per heavy atom. The van der Waals surface area contributed by atoms with Gasteiger partial charge in [-0.25, -0.2) is 23.8 Å². The first kappa shape index (κ1) is 45.0. The second-order valence-corrected chi connectivity index (χ2v) is 16.7. The second kappa shape index (κ2) is 19.6. The van der Waals surface area contributed by atoms with E-state index in [2.05, 4.69) is 77.1 Å². The zero-order valence-electron chi connectivity index (χ0n) is 36.7. The third-order valence-corrected chi connectivity index (χ3v) is 12.2. The molecule has 0 spiro atoms. The number of amides is 1. The average Bonchev–Trinajstić information content (AvgIpc) is 4.11. The number of H-pyrrole nitrogens is 2. The Hall–Kier alpha value is -7.00. The van der Waals surface area contributed by atoms with Gasteiger partial charge < -0.3 is 25.3 Å². The van der Waals surface area contributed by atoms with Crippen molar-refractivity contribution >= 4 is 22.9 Å². The number of piperidine rings is 2. The Labute approximate surface area is 373 Å². The lowest BCUT2D eigenvalue weighted by Crippen LogP contribution is -2.38. The summed E-state index contributed by atoms with van der Waals surface area (Å²) in [6.45, 7) is 15.6. The molecule has 2 fully saturated rings. The summed E-state index contributed by atoms with van der Waals surface area (Å²) in [5.74, 6) is 2.04. The van der Waals surface area contributed by atoms with Crippen molar-refractivity contribution in [1.29, 1.82) is 0 Å². The number of carboxylic acids is 1. The van der Waals surface area contributed by atoms with Crippen molar-refractivity contribution in [2.75, 3.05) is 26.2 Å². The predicted octanol–water partition coefficient (Wildman–Crippen LogP) is 8.60. The fourth-order valence-electron chi connectivity index (χ4n) is 8.72. The van der Waals surface area contributed by atoms with Gasteiger partial charge in [-0.3, -0.25) is 4.79 Å². The quantitative estimate of drug-likeness (QED) is 0.126. The van der Waals surface area contributed by atoms with Crippen LogP contribution in [0.1, 0.15) is 111 Å². The molecular weight excluding hydrogens is 805 g/mol. The van der Waals surface area contributed by atoms with E-state index < -0.39 is 5.97 Å². The molecule has 8 heterocycles. The van der Waals surface area contributed by atoms with Gasteiger partial charge in [-0.15, -0.1) is 10.2 Å². The van der Waals surface area contributed by atoms with Crippen molar-refractivity contribution in [3.63, 3.8) is 0 Å². The number of carbonyl (C=O) groups excluding carboxylic acids is 1. The van der Waals surface area contributed by atoms with Crippen molar-refractivity contribution < 1.29 is 14.7 Å². The number of aromatic nitrogens is 10. The van der Waals surface area contributed by atoms with Crippen LogP contribution < -0.4 is 5.32 Å². The van der Waals surface area contributed by atoms with Gasteiger partial charge in [0.1, 0.15) is 11.6 Å². The Kier molecular flexibility index (Phi) is 13.8. The summed E-state index contributed by atoms with van der Waals surface area (Å²) < 4.78 is 3.59. The number of imidazole rings is 2. The fourth-order valence-corrected chi connectivity index (χ4v) is 8.72. The molecule has 2 saturated heterocycles. The van der Waals surface area contributed by atoms with Gasteiger partial charge in [-0.05, 0) is 163 Å². The van der Waals surface area contributed by atoms with Crippen LogP contribution in [-0.4, -0.2) is 97.7 Å². The number of rotatable bonds is 6. The number of aromatic carboxylic acids is 1. The molecule has 15 heteroatoms. The Morgan fingerprint density at radius 1 is 0.625 bits per heavy atom. The van der Waals surface area contributed by atoms with Gasteiger partial charge in [0.2, 0.25) is 0 Å². The number of benzene rings is 2. The van der Waals surface area contributed by atoms with Crippen molar-refractivity contribution in [1.82, 2.24) is 59.8 Å². The van der Waals surface area contributed by atoms with Gasteiger partial charge in [0.25, 0.3) is 5.91 Å². The van der Waals surface area contributed by atoms with E-state index in [4.69, 9.17) is 5.11 Å². The van der Waals surface area contributed by atoms with E-state index in [0.717, 1.165) is 112 Å². The first-order valence-electron chi connectivity index (χ1n) is 21.5. The molecule has 0 bridgehead atoms. The number of hydrogen-bond donors (Lipinski definition) is 4. The molecule has 8 aromatic rings. The number of fused-ring (bicyclic) bond motifs is 2. The van der Waals surface area contributed by atoms with Crippen molar-refractivity contribution in [3.8, 4) is 22.5 Å². The Bertz CT molecular complexity index is 2890. The van der Waals surface area contributed by atoms with Crippen molar-refractivity contribution in [3.05, 3.63) is 142 Å². The molecule has 6 aromatic heterocycles. The van der Waals surface area contributed by atoms with Crippen LogP contribution in [0.15, 0.2) is 85.5 Å². The monoisotopic (exact) mass is 862 g/mol. The Morgan fingerprint density at radius 2 is 1.09 bits per heavy atom. The summed E-state index contributed by atoms with van der Waals surface area (Å²) in [5, 5.41) is 28.2. The van der Waals surface area contributed by atoms with E-state index in [9.17, 15) is 9.59 Å². The molecule has 64 heavy (non-hydrogen) atoms. The van der Waals surface area contributed by atoms with Crippen LogP contribution in [0.2, 0.25) is 0 Å². The minimum Gasteiger partial charge on any atom is -0.478 e. The lowest BCUT2D eigenvalue weighted by atomic mass is 9.89. The number of carbonyl (C=O) groups is 2. The number of aromatic amines is 2.